The molecule has 6 heteroatoms. The number of hydrogen-bond donors (Lipinski definition) is 1. The number of amides is 1. The Morgan fingerprint density at radius 1 is 1.37 bits per heavy atom. The highest BCUT2D eigenvalue weighted by atomic mass is 16.3. The van der Waals surface area contributed by atoms with Crippen LogP contribution in [0.5, 0.6) is 0 Å². The van der Waals surface area contributed by atoms with Crippen LogP contribution < -0.4 is 0 Å². The summed E-state index contributed by atoms with van der Waals surface area (Å²) in [7, 11) is 0. The number of fused-ring (bicyclic) bond motifs is 1. The zero-order chi connectivity index (χ0) is 19.0. The van der Waals surface area contributed by atoms with Crippen LogP contribution in [0.1, 0.15) is 67.6 Å². The van der Waals surface area contributed by atoms with Crippen molar-refractivity contribution < 1.29 is 9.21 Å². The molecular formula is C21H26N4O2. The van der Waals surface area contributed by atoms with Crippen LogP contribution in [0.25, 0.3) is 11.0 Å². The van der Waals surface area contributed by atoms with Gasteiger partial charge in [0, 0.05) is 17.5 Å². The summed E-state index contributed by atoms with van der Waals surface area (Å²) in [6.07, 6.45) is 6.63. The van der Waals surface area contributed by atoms with Gasteiger partial charge in [-0.1, -0.05) is 13.8 Å². The first kappa shape index (κ1) is 17.8. The van der Waals surface area contributed by atoms with Crippen molar-refractivity contribution in [1.29, 1.82) is 0 Å². The number of H-pyrrole nitrogens is 1. The lowest BCUT2D eigenvalue weighted by atomic mass is 9.95. The first-order valence-corrected chi connectivity index (χ1v) is 9.70. The van der Waals surface area contributed by atoms with Crippen molar-refractivity contribution in [3.63, 3.8) is 0 Å². The minimum absolute atomic E-state index is 0.0135. The molecular weight excluding hydrogens is 340 g/mol. The Morgan fingerprint density at radius 3 is 2.96 bits per heavy atom. The van der Waals surface area contributed by atoms with E-state index >= 15 is 0 Å². The number of nitrogens with one attached hydrogen (secondary N) is 1. The molecule has 1 fully saturated rings. The van der Waals surface area contributed by atoms with Crippen molar-refractivity contribution >= 4 is 16.9 Å². The van der Waals surface area contributed by atoms with Gasteiger partial charge in [-0.25, -0.2) is 4.98 Å². The van der Waals surface area contributed by atoms with Crippen LogP contribution in [-0.4, -0.2) is 32.5 Å². The zero-order valence-corrected chi connectivity index (χ0v) is 16.2. The largest absolute Gasteiger partial charge is 0.464 e. The fraction of sp³-hybridized carbons (Fsp3) is 0.476. The van der Waals surface area contributed by atoms with Crippen LogP contribution in [0.4, 0.5) is 0 Å². The number of benzene rings is 1. The van der Waals surface area contributed by atoms with Gasteiger partial charge in [0.05, 0.1) is 18.7 Å². The van der Waals surface area contributed by atoms with E-state index in [2.05, 4.69) is 48.1 Å². The number of hydrogen-bond acceptors (Lipinski definition) is 4. The van der Waals surface area contributed by atoms with E-state index in [4.69, 9.17) is 4.42 Å². The molecule has 1 aliphatic heterocycles. The summed E-state index contributed by atoms with van der Waals surface area (Å²) < 4.78 is 5.75. The van der Waals surface area contributed by atoms with Gasteiger partial charge in [-0.3, -0.25) is 9.89 Å². The minimum atomic E-state index is -0.0135. The van der Waals surface area contributed by atoms with Crippen molar-refractivity contribution in [3.05, 3.63) is 47.2 Å². The van der Waals surface area contributed by atoms with E-state index in [9.17, 15) is 4.79 Å². The number of likely N-dealkylation sites (tertiary alicyclic amines) is 1. The third-order valence-corrected chi connectivity index (χ3v) is 5.58. The molecule has 142 valence electrons. The lowest BCUT2D eigenvalue weighted by Crippen LogP contribution is -2.39. The highest BCUT2D eigenvalue weighted by Crippen LogP contribution is 2.32. The SMILES string of the molecule is Cc1cc2occ(CC(=O)N3CCCCC3c3ncn[nH]3)c2cc1C(C)C. The smallest absolute Gasteiger partial charge is 0.227 e. The normalized spacial score (nSPS) is 17.8. The Morgan fingerprint density at radius 2 is 2.22 bits per heavy atom. The molecule has 6 nitrogen and oxygen atoms in total. The number of carbonyl (C=O) groups excluding carboxylic acids is 1. The van der Waals surface area contributed by atoms with E-state index in [1.54, 1.807) is 6.26 Å². The number of furan rings is 1. The first-order valence-electron chi connectivity index (χ1n) is 9.70. The summed E-state index contributed by atoms with van der Waals surface area (Å²) in [5, 5.41) is 7.93. The van der Waals surface area contributed by atoms with Gasteiger partial charge in [-0.2, -0.15) is 5.10 Å². The van der Waals surface area contributed by atoms with Crippen LogP contribution in [-0.2, 0) is 11.2 Å². The van der Waals surface area contributed by atoms with E-state index in [0.29, 0.717) is 12.3 Å². The predicted molar refractivity (Wildman–Crippen MR) is 103 cm³/mol. The van der Waals surface area contributed by atoms with E-state index in [1.165, 1.54) is 17.5 Å². The summed E-state index contributed by atoms with van der Waals surface area (Å²) >= 11 is 0. The summed E-state index contributed by atoms with van der Waals surface area (Å²) in [6.45, 7) is 7.25. The molecule has 0 bridgehead atoms. The van der Waals surface area contributed by atoms with Crippen LogP contribution >= 0.6 is 0 Å². The molecule has 3 heterocycles. The van der Waals surface area contributed by atoms with Gasteiger partial charge in [-0.15, -0.1) is 0 Å². The van der Waals surface area contributed by atoms with Crippen molar-refractivity contribution in [1.82, 2.24) is 20.1 Å². The topological polar surface area (TPSA) is 75.0 Å². The molecule has 4 rings (SSSR count). The Hall–Kier alpha value is -2.63. The van der Waals surface area contributed by atoms with Gasteiger partial charge >= 0.3 is 0 Å². The predicted octanol–water partition coefficient (Wildman–Crippen LogP) is 4.28. The molecule has 1 saturated heterocycles. The van der Waals surface area contributed by atoms with E-state index in [1.807, 2.05) is 4.90 Å². The molecule has 3 aromatic rings. The second-order valence-corrected chi connectivity index (χ2v) is 7.77. The van der Waals surface area contributed by atoms with Crippen LogP contribution in [0.2, 0.25) is 0 Å². The molecule has 0 radical (unpaired) electrons. The van der Waals surface area contributed by atoms with Gasteiger partial charge in [0.15, 0.2) is 0 Å². The molecule has 1 aromatic carbocycles. The van der Waals surface area contributed by atoms with Crippen molar-refractivity contribution in [2.75, 3.05) is 6.54 Å². The highest BCUT2D eigenvalue weighted by Gasteiger charge is 2.30. The molecule has 1 aliphatic rings. The Bertz CT molecular complexity index is 943. The molecule has 1 N–H and O–H groups in total. The molecule has 0 aliphatic carbocycles. The van der Waals surface area contributed by atoms with Gasteiger partial charge in [0.25, 0.3) is 0 Å². The van der Waals surface area contributed by atoms with Crippen molar-refractivity contribution in [2.45, 2.75) is 58.4 Å². The number of aromatic nitrogens is 3. The standard InChI is InChI=1S/C21H26N4O2/c1-13(2)16-10-17-15(11-27-19(17)8-14(16)3)9-20(26)25-7-5-4-6-18(25)21-22-12-23-24-21/h8,10-13,18H,4-7,9H2,1-3H3,(H,22,23,24). The maximum atomic E-state index is 13.1. The summed E-state index contributed by atoms with van der Waals surface area (Å²) in [4.78, 5) is 19.3. The summed E-state index contributed by atoms with van der Waals surface area (Å²) in [5.74, 6) is 1.33. The van der Waals surface area contributed by atoms with Gasteiger partial charge < -0.3 is 9.32 Å². The molecule has 1 amide bonds. The van der Waals surface area contributed by atoms with Gasteiger partial charge in [0.2, 0.25) is 5.91 Å². The van der Waals surface area contributed by atoms with Crippen molar-refractivity contribution in [2.24, 2.45) is 0 Å². The van der Waals surface area contributed by atoms with Crippen LogP contribution in [0, 0.1) is 6.92 Å². The Kier molecular flexibility index (Phi) is 4.72. The summed E-state index contributed by atoms with van der Waals surface area (Å²) in [6, 6.07) is 4.25. The highest BCUT2D eigenvalue weighted by molar-refractivity contribution is 5.88. The van der Waals surface area contributed by atoms with E-state index in [0.717, 1.165) is 48.2 Å². The van der Waals surface area contributed by atoms with Crippen molar-refractivity contribution in [3.8, 4) is 0 Å². The molecule has 1 atom stereocenters. The number of nitrogens with zero attached hydrogens (tertiary/aromatic N) is 3. The number of carbonyl (C=O) groups is 1. The quantitative estimate of drug-likeness (QED) is 0.748. The molecule has 1 unspecified atom stereocenters. The fourth-order valence-corrected chi connectivity index (χ4v) is 4.16. The third-order valence-electron chi connectivity index (χ3n) is 5.58. The number of aromatic amines is 1. The number of rotatable bonds is 4. The second kappa shape index (κ2) is 7.18. The lowest BCUT2D eigenvalue weighted by molar-refractivity contribution is -0.134. The van der Waals surface area contributed by atoms with Crippen LogP contribution in [0.15, 0.2) is 29.1 Å². The maximum absolute atomic E-state index is 13.1. The van der Waals surface area contributed by atoms with Gasteiger partial charge in [0.1, 0.15) is 17.7 Å². The fourth-order valence-electron chi connectivity index (χ4n) is 4.16. The average Bonchev–Trinajstić information content (AvgIpc) is 3.31. The molecule has 0 saturated carbocycles. The number of piperidine rings is 1. The average molecular weight is 366 g/mol. The monoisotopic (exact) mass is 366 g/mol. The minimum Gasteiger partial charge on any atom is -0.464 e. The Labute approximate surface area is 159 Å². The van der Waals surface area contributed by atoms with Gasteiger partial charge in [-0.05, 0) is 55.4 Å². The zero-order valence-electron chi connectivity index (χ0n) is 16.2. The second-order valence-electron chi connectivity index (χ2n) is 7.77. The Balaban J connectivity index is 1.61. The van der Waals surface area contributed by atoms with E-state index in [-0.39, 0.29) is 11.9 Å². The molecule has 2 aromatic heterocycles. The van der Waals surface area contributed by atoms with E-state index < -0.39 is 0 Å². The maximum Gasteiger partial charge on any atom is 0.227 e. The molecule has 0 spiro atoms. The molecule has 27 heavy (non-hydrogen) atoms. The third kappa shape index (κ3) is 3.36. The van der Waals surface area contributed by atoms with Crippen LogP contribution in [0.3, 0.4) is 0 Å². The lowest BCUT2D eigenvalue weighted by Gasteiger charge is -2.34. The first-order chi connectivity index (χ1) is 13.0. The summed E-state index contributed by atoms with van der Waals surface area (Å²) in [5.41, 5.74) is 4.34. The number of aryl methyl sites for hydroxylation is 1.